The summed E-state index contributed by atoms with van der Waals surface area (Å²) in [7, 11) is 0. The number of dihydropyridines is 1. The number of Topliss-reactive ketones (excluding diaryl/α,β-unsaturated/α-hetero) is 1. The maximum absolute atomic E-state index is 13.5. The minimum Gasteiger partial charge on any atom is -0.463 e. The van der Waals surface area contributed by atoms with Gasteiger partial charge in [-0.15, -0.1) is 0 Å². The summed E-state index contributed by atoms with van der Waals surface area (Å²) in [5.41, 5.74) is 4.04. The highest BCUT2D eigenvalue weighted by Crippen LogP contribution is 2.48. The van der Waals surface area contributed by atoms with Crippen molar-refractivity contribution in [3.8, 4) is 0 Å². The lowest BCUT2D eigenvalue weighted by atomic mass is 9.71. The molecule has 0 fully saturated rings. The van der Waals surface area contributed by atoms with Gasteiger partial charge in [0.2, 0.25) is 0 Å². The van der Waals surface area contributed by atoms with Gasteiger partial charge in [0.25, 0.3) is 0 Å². The number of nitrogens with one attached hydrogen (secondary N) is 1. The number of benzene rings is 2. The largest absolute Gasteiger partial charge is 0.463 e. The van der Waals surface area contributed by atoms with Gasteiger partial charge in [-0.2, -0.15) is 0 Å². The smallest absolute Gasteiger partial charge is 0.336 e. The Morgan fingerprint density at radius 1 is 1.09 bits per heavy atom. The third-order valence-corrected chi connectivity index (χ3v) is 7.04. The first-order valence-corrected chi connectivity index (χ1v) is 11.6. The lowest BCUT2D eigenvalue weighted by Gasteiger charge is -2.37. The maximum atomic E-state index is 13.5. The summed E-state index contributed by atoms with van der Waals surface area (Å²) in [5, 5.41) is 4.67. The van der Waals surface area contributed by atoms with E-state index in [9.17, 15) is 9.59 Å². The molecule has 0 unspecified atom stereocenters. The van der Waals surface area contributed by atoms with Crippen molar-refractivity contribution in [2.45, 2.75) is 38.5 Å². The predicted molar refractivity (Wildman–Crippen MR) is 127 cm³/mol. The van der Waals surface area contributed by atoms with E-state index in [1.807, 2.05) is 31.2 Å². The molecular weight excluding hydrogens is 469 g/mol. The Labute approximate surface area is 202 Å². The number of hydrogen-bond donors (Lipinski definition) is 1. The van der Waals surface area contributed by atoms with Crippen molar-refractivity contribution in [2.24, 2.45) is 0 Å². The van der Waals surface area contributed by atoms with Crippen LogP contribution < -0.4 is 5.32 Å². The fourth-order valence-electron chi connectivity index (χ4n) is 4.54. The first kappa shape index (κ1) is 22.9. The van der Waals surface area contributed by atoms with E-state index in [1.165, 1.54) is 0 Å². The molecule has 4 nitrogen and oxygen atoms in total. The molecule has 4 rings (SSSR count). The summed E-state index contributed by atoms with van der Waals surface area (Å²) in [4.78, 5) is 26.5. The van der Waals surface area contributed by atoms with Crippen LogP contribution in [0.5, 0.6) is 0 Å². The molecule has 0 bridgehead atoms. The molecule has 1 aliphatic heterocycles. The summed E-state index contributed by atoms with van der Waals surface area (Å²) in [6.07, 6.45) is 0.955. The fourth-order valence-corrected chi connectivity index (χ4v) is 5.09. The Morgan fingerprint density at radius 2 is 1.81 bits per heavy atom. The predicted octanol–water partition coefficient (Wildman–Crippen LogP) is 6.57. The second-order valence-corrected chi connectivity index (χ2v) is 9.15. The van der Waals surface area contributed by atoms with Crippen LogP contribution in [0.3, 0.4) is 0 Å². The normalized spacial score (nSPS) is 20.7. The van der Waals surface area contributed by atoms with Crippen LogP contribution in [-0.4, -0.2) is 18.4 Å². The van der Waals surface area contributed by atoms with Gasteiger partial charge >= 0.3 is 5.97 Å². The molecule has 2 aliphatic rings. The number of hydrogen-bond acceptors (Lipinski definition) is 4. The second kappa shape index (κ2) is 9.30. The Morgan fingerprint density at radius 3 is 2.50 bits per heavy atom. The van der Waals surface area contributed by atoms with Crippen molar-refractivity contribution in [1.82, 2.24) is 5.32 Å². The van der Waals surface area contributed by atoms with Crippen LogP contribution >= 0.6 is 34.8 Å². The molecule has 0 aromatic heterocycles. The number of halogens is 3. The van der Waals surface area contributed by atoms with Gasteiger partial charge in [0.15, 0.2) is 5.78 Å². The van der Waals surface area contributed by atoms with E-state index in [2.05, 4.69) is 5.32 Å². The van der Waals surface area contributed by atoms with E-state index in [0.29, 0.717) is 50.3 Å². The van der Waals surface area contributed by atoms with Gasteiger partial charge in [0.05, 0.1) is 22.2 Å². The van der Waals surface area contributed by atoms with Crippen molar-refractivity contribution in [3.05, 3.63) is 91.2 Å². The van der Waals surface area contributed by atoms with Crippen molar-refractivity contribution in [2.75, 3.05) is 6.61 Å². The Bertz CT molecular complexity index is 1150. The number of carbonyl (C=O) groups is 2. The molecule has 7 heteroatoms. The van der Waals surface area contributed by atoms with Gasteiger partial charge in [-0.3, -0.25) is 4.79 Å². The van der Waals surface area contributed by atoms with Crippen LogP contribution in [0.15, 0.2) is 65.0 Å². The topological polar surface area (TPSA) is 55.4 Å². The van der Waals surface area contributed by atoms with Crippen molar-refractivity contribution < 1.29 is 14.3 Å². The molecule has 1 N–H and O–H groups in total. The monoisotopic (exact) mass is 489 g/mol. The minimum atomic E-state index is -0.643. The van der Waals surface area contributed by atoms with Gasteiger partial charge in [0.1, 0.15) is 0 Å². The van der Waals surface area contributed by atoms with Crippen LogP contribution in [-0.2, 0) is 14.3 Å². The Kier molecular flexibility index (Phi) is 6.66. The number of esters is 1. The van der Waals surface area contributed by atoms with Gasteiger partial charge in [-0.05, 0) is 55.5 Å². The van der Waals surface area contributed by atoms with Gasteiger partial charge in [-0.1, -0.05) is 59.1 Å². The van der Waals surface area contributed by atoms with E-state index in [-0.39, 0.29) is 18.3 Å². The number of ketones is 1. The summed E-state index contributed by atoms with van der Waals surface area (Å²) in [6, 6.07) is 12.8. The lowest BCUT2D eigenvalue weighted by Crippen LogP contribution is -2.36. The molecule has 0 radical (unpaired) electrons. The fraction of sp³-hybridized carbons (Fsp3) is 0.280. The van der Waals surface area contributed by atoms with Crippen molar-refractivity contribution >= 4 is 46.6 Å². The second-order valence-electron chi connectivity index (χ2n) is 7.93. The van der Waals surface area contributed by atoms with Crippen LogP contribution in [0.25, 0.3) is 0 Å². The van der Waals surface area contributed by atoms with Crippen molar-refractivity contribution in [1.29, 1.82) is 0 Å². The third kappa shape index (κ3) is 4.19. The zero-order chi connectivity index (χ0) is 23.0. The molecule has 0 saturated heterocycles. The lowest BCUT2D eigenvalue weighted by molar-refractivity contribution is -0.138. The highest BCUT2D eigenvalue weighted by molar-refractivity contribution is 6.42. The Hall–Kier alpha value is -2.27. The first-order valence-electron chi connectivity index (χ1n) is 10.4. The van der Waals surface area contributed by atoms with Crippen molar-refractivity contribution in [3.63, 3.8) is 0 Å². The van der Waals surface area contributed by atoms with Gasteiger partial charge in [-0.25, -0.2) is 4.79 Å². The molecule has 2 aromatic rings. The summed E-state index contributed by atoms with van der Waals surface area (Å²) < 4.78 is 5.33. The number of rotatable bonds is 4. The van der Waals surface area contributed by atoms with Gasteiger partial charge < -0.3 is 10.1 Å². The third-order valence-electron chi connectivity index (χ3n) is 5.96. The zero-order valence-electron chi connectivity index (χ0n) is 17.7. The molecule has 0 spiro atoms. The van der Waals surface area contributed by atoms with Crippen LogP contribution in [0, 0.1) is 0 Å². The average Bonchev–Trinajstić information content (AvgIpc) is 2.75. The highest BCUT2D eigenvalue weighted by atomic mass is 35.5. The molecule has 32 heavy (non-hydrogen) atoms. The molecule has 2 aromatic carbocycles. The molecule has 1 aliphatic carbocycles. The number of allylic oxidation sites excluding steroid dienone is 3. The molecule has 1 heterocycles. The quantitative estimate of drug-likeness (QED) is 0.492. The van der Waals surface area contributed by atoms with Crippen LogP contribution in [0.1, 0.15) is 49.7 Å². The summed E-state index contributed by atoms with van der Waals surface area (Å²) in [6.45, 7) is 3.79. The van der Waals surface area contributed by atoms with Crippen LogP contribution in [0.2, 0.25) is 15.1 Å². The molecule has 2 atom stereocenters. The SMILES string of the molecule is CCOC(=O)C1=C(C)NC2=C(C(=O)C[C@@H](c3ccc(Cl)cc3)C2)[C@@H]1c1cccc(Cl)c1Cl. The highest BCUT2D eigenvalue weighted by Gasteiger charge is 2.42. The summed E-state index contributed by atoms with van der Waals surface area (Å²) >= 11 is 18.9. The molecule has 0 amide bonds. The number of ether oxygens (including phenoxy) is 1. The Balaban J connectivity index is 1.83. The van der Waals surface area contributed by atoms with E-state index < -0.39 is 11.9 Å². The molecule has 166 valence electrons. The first-order chi connectivity index (χ1) is 15.3. The maximum Gasteiger partial charge on any atom is 0.336 e. The van der Waals surface area contributed by atoms with E-state index in [1.54, 1.807) is 25.1 Å². The van der Waals surface area contributed by atoms with E-state index in [4.69, 9.17) is 39.5 Å². The van der Waals surface area contributed by atoms with Gasteiger partial charge in [0, 0.05) is 34.3 Å². The van der Waals surface area contributed by atoms with E-state index in [0.717, 1.165) is 11.3 Å². The van der Waals surface area contributed by atoms with E-state index >= 15 is 0 Å². The zero-order valence-corrected chi connectivity index (χ0v) is 19.9. The molecular formula is C25H22Cl3NO3. The average molecular weight is 491 g/mol. The molecule has 0 saturated carbocycles. The summed E-state index contributed by atoms with van der Waals surface area (Å²) in [5.74, 6) is -1.14. The minimum absolute atomic E-state index is 0.0124. The number of carbonyl (C=O) groups excluding carboxylic acids is 2. The van der Waals surface area contributed by atoms with Crippen LogP contribution in [0.4, 0.5) is 0 Å². The standard InChI is InChI=1S/C25H22Cl3NO3/c1-3-32-25(31)21-13(2)29-19-11-15(14-7-9-16(26)10-8-14)12-20(30)23(19)22(21)17-5-4-6-18(27)24(17)28/h4-10,15,22,29H,3,11-12H2,1-2H3/t15-,22+/m0/s1.